The molecule has 0 N–H and O–H groups in total. The number of ether oxygens (including phenoxy) is 2. The zero-order chi connectivity index (χ0) is 23.8. The molecule has 2 fully saturated rings. The highest BCUT2D eigenvalue weighted by atomic mass is 16.5. The van der Waals surface area contributed by atoms with Gasteiger partial charge in [-0.3, -0.25) is 14.1 Å². The zero-order valence-electron chi connectivity index (χ0n) is 20.3. The molecule has 35 heavy (non-hydrogen) atoms. The van der Waals surface area contributed by atoms with Gasteiger partial charge in [0.25, 0.3) is 0 Å². The predicted molar refractivity (Wildman–Crippen MR) is 138 cm³/mol. The fraction of sp³-hybridized carbons (Fsp3) is 0.429. The summed E-state index contributed by atoms with van der Waals surface area (Å²) in [5, 5.41) is 0.992. The topological polar surface area (TPSA) is 61.5 Å². The molecule has 2 aromatic carbocycles. The van der Waals surface area contributed by atoms with Crippen LogP contribution in [0.1, 0.15) is 31.7 Å². The van der Waals surface area contributed by atoms with Crippen LogP contribution in [0.3, 0.4) is 0 Å². The van der Waals surface area contributed by atoms with Crippen LogP contribution in [-0.2, 0) is 11.8 Å². The number of aromatic nitrogens is 3. The average molecular weight is 473 g/mol. The molecular weight excluding hydrogens is 440 g/mol. The van der Waals surface area contributed by atoms with Gasteiger partial charge in [0.05, 0.1) is 42.0 Å². The van der Waals surface area contributed by atoms with Crippen molar-refractivity contribution in [2.75, 3.05) is 39.5 Å². The second kappa shape index (κ2) is 9.47. The number of likely N-dealkylation sites (tertiary alicyclic amines) is 1. The highest BCUT2D eigenvalue weighted by Gasteiger charge is 2.25. The average Bonchev–Trinajstić information content (AvgIpc) is 3.65. The van der Waals surface area contributed by atoms with Crippen LogP contribution in [0.15, 0.2) is 53.5 Å². The van der Waals surface area contributed by atoms with E-state index in [-0.39, 0.29) is 11.7 Å². The summed E-state index contributed by atoms with van der Waals surface area (Å²) in [6.07, 6.45) is 6.37. The summed E-state index contributed by atoms with van der Waals surface area (Å²) in [6.45, 7) is 5.59. The summed E-state index contributed by atoms with van der Waals surface area (Å²) in [4.78, 5) is 20.3. The Morgan fingerprint density at radius 2 is 1.89 bits per heavy atom. The third-order valence-electron chi connectivity index (χ3n) is 7.46. The minimum atomic E-state index is -0.0126. The van der Waals surface area contributed by atoms with Crippen LogP contribution < -0.4 is 10.4 Å². The summed E-state index contributed by atoms with van der Waals surface area (Å²) in [5.74, 6) is 0.901. The molecule has 2 saturated heterocycles. The molecule has 4 heterocycles. The van der Waals surface area contributed by atoms with Crippen LogP contribution in [0.25, 0.3) is 33.1 Å². The standard InChI is InChI=1S/C28H32N4O3/c1-30-26-18-29-25-10-7-21(17-24(25)27(26)32(28(30)33)22-11-16-34-19-22)20-5-8-23(9-6-20)35-15-4-14-31-12-2-3-13-31/h5-10,17-18,22H,2-4,11-16,19H2,1H3/t22-/m0/s1. The van der Waals surface area contributed by atoms with Crippen LogP contribution in [0.5, 0.6) is 5.75 Å². The Balaban J connectivity index is 1.27. The molecule has 1 atom stereocenters. The van der Waals surface area contributed by atoms with E-state index in [1.807, 2.05) is 29.8 Å². The van der Waals surface area contributed by atoms with Gasteiger partial charge in [0, 0.05) is 25.6 Å². The molecule has 2 aliphatic rings. The third kappa shape index (κ3) is 4.23. The number of rotatable bonds is 7. The van der Waals surface area contributed by atoms with Gasteiger partial charge in [0.15, 0.2) is 0 Å². The minimum Gasteiger partial charge on any atom is -0.494 e. The largest absolute Gasteiger partial charge is 0.494 e. The van der Waals surface area contributed by atoms with Gasteiger partial charge in [0.1, 0.15) is 5.75 Å². The Hall–Kier alpha value is -3.16. The van der Waals surface area contributed by atoms with E-state index in [0.29, 0.717) is 13.2 Å². The number of hydrogen-bond acceptors (Lipinski definition) is 5. The summed E-state index contributed by atoms with van der Waals surface area (Å²) >= 11 is 0. The molecule has 0 radical (unpaired) electrons. The second-order valence-electron chi connectivity index (χ2n) is 9.73. The summed E-state index contributed by atoms with van der Waals surface area (Å²) in [7, 11) is 1.82. The number of fused-ring (bicyclic) bond motifs is 3. The van der Waals surface area contributed by atoms with Crippen LogP contribution in [0, 0.1) is 0 Å². The summed E-state index contributed by atoms with van der Waals surface area (Å²) < 4.78 is 15.2. The van der Waals surface area contributed by atoms with Gasteiger partial charge in [-0.15, -0.1) is 0 Å². The van der Waals surface area contributed by atoms with Crippen molar-refractivity contribution in [3.63, 3.8) is 0 Å². The van der Waals surface area contributed by atoms with E-state index < -0.39 is 0 Å². The number of imidazole rings is 1. The van der Waals surface area contributed by atoms with Crippen molar-refractivity contribution in [3.05, 3.63) is 59.1 Å². The smallest absolute Gasteiger partial charge is 0.329 e. The second-order valence-corrected chi connectivity index (χ2v) is 9.73. The first-order chi connectivity index (χ1) is 17.2. The van der Waals surface area contributed by atoms with E-state index >= 15 is 0 Å². The zero-order valence-corrected chi connectivity index (χ0v) is 20.3. The molecule has 2 aliphatic heterocycles. The maximum Gasteiger partial charge on any atom is 0.329 e. The highest BCUT2D eigenvalue weighted by Crippen LogP contribution is 2.32. The number of benzene rings is 2. The number of hydrogen-bond donors (Lipinski definition) is 0. The van der Waals surface area contributed by atoms with Gasteiger partial charge in [0.2, 0.25) is 0 Å². The number of nitrogens with zero attached hydrogens (tertiary/aromatic N) is 4. The van der Waals surface area contributed by atoms with E-state index in [4.69, 9.17) is 9.47 Å². The van der Waals surface area contributed by atoms with Gasteiger partial charge in [-0.25, -0.2) is 4.79 Å². The van der Waals surface area contributed by atoms with Crippen molar-refractivity contribution in [1.29, 1.82) is 0 Å². The van der Waals surface area contributed by atoms with Crippen LogP contribution in [0.4, 0.5) is 0 Å². The Morgan fingerprint density at radius 1 is 1.09 bits per heavy atom. The first kappa shape index (κ1) is 22.3. The first-order valence-electron chi connectivity index (χ1n) is 12.7. The SMILES string of the molecule is Cn1c(=O)n([C@H]2CCOC2)c2c3cc(-c4ccc(OCCCN5CCCC5)cc4)ccc3ncc21. The van der Waals surface area contributed by atoms with Crippen LogP contribution in [-0.4, -0.2) is 58.5 Å². The molecule has 0 amide bonds. The van der Waals surface area contributed by atoms with Gasteiger partial charge in [-0.05, 0) is 74.2 Å². The minimum absolute atomic E-state index is 0.0126. The lowest BCUT2D eigenvalue weighted by Gasteiger charge is -2.14. The Kier molecular flexibility index (Phi) is 6.04. The lowest BCUT2D eigenvalue weighted by atomic mass is 10.0. The molecule has 182 valence electrons. The van der Waals surface area contributed by atoms with Crippen LogP contribution >= 0.6 is 0 Å². The van der Waals surface area contributed by atoms with Crippen molar-refractivity contribution >= 4 is 21.9 Å². The quantitative estimate of drug-likeness (QED) is 0.374. The van der Waals surface area contributed by atoms with Crippen molar-refractivity contribution in [2.24, 2.45) is 7.05 Å². The Morgan fingerprint density at radius 3 is 2.66 bits per heavy atom. The number of pyridine rings is 1. The fourth-order valence-corrected chi connectivity index (χ4v) is 5.50. The van der Waals surface area contributed by atoms with E-state index in [0.717, 1.165) is 64.8 Å². The first-order valence-corrected chi connectivity index (χ1v) is 12.7. The molecular formula is C28H32N4O3. The molecule has 7 heteroatoms. The highest BCUT2D eigenvalue weighted by molar-refractivity contribution is 6.04. The summed E-state index contributed by atoms with van der Waals surface area (Å²) in [6, 6.07) is 14.6. The predicted octanol–water partition coefficient (Wildman–Crippen LogP) is 4.38. The van der Waals surface area contributed by atoms with Crippen molar-refractivity contribution in [2.45, 2.75) is 31.7 Å². The molecule has 0 bridgehead atoms. The maximum absolute atomic E-state index is 13.1. The van der Waals surface area contributed by atoms with E-state index in [1.165, 1.54) is 25.9 Å². The van der Waals surface area contributed by atoms with Crippen LogP contribution in [0.2, 0.25) is 0 Å². The lowest BCUT2D eigenvalue weighted by molar-refractivity contribution is 0.186. The molecule has 7 nitrogen and oxygen atoms in total. The summed E-state index contributed by atoms with van der Waals surface area (Å²) in [5.41, 5.74) is 4.88. The molecule has 4 aromatic rings. The molecule has 6 rings (SSSR count). The van der Waals surface area contributed by atoms with Gasteiger partial charge < -0.3 is 14.4 Å². The molecule has 0 spiro atoms. The Bertz CT molecular complexity index is 1390. The number of aryl methyl sites for hydroxylation is 1. The molecule has 0 aliphatic carbocycles. The molecule has 2 aromatic heterocycles. The van der Waals surface area contributed by atoms with E-state index in [1.54, 1.807) is 10.8 Å². The Labute approximate surface area is 204 Å². The lowest BCUT2D eigenvalue weighted by Crippen LogP contribution is -2.26. The van der Waals surface area contributed by atoms with Crippen molar-refractivity contribution in [3.8, 4) is 16.9 Å². The van der Waals surface area contributed by atoms with Gasteiger partial charge >= 0.3 is 5.69 Å². The van der Waals surface area contributed by atoms with Crippen molar-refractivity contribution < 1.29 is 9.47 Å². The van der Waals surface area contributed by atoms with E-state index in [2.05, 4.69) is 34.1 Å². The fourth-order valence-electron chi connectivity index (χ4n) is 5.50. The van der Waals surface area contributed by atoms with Crippen molar-refractivity contribution in [1.82, 2.24) is 19.0 Å². The molecule has 0 unspecified atom stereocenters. The maximum atomic E-state index is 13.1. The van der Waals surface area contributed by atoms with Gasteiger partial charge in [-0.1, -0.05) is 18.2 Å². The van der Waals surface area contributed by atoms with E-state index in [9.17, 15) is 4.79 Å². The normalized spacial score (nSPS) is 18.7. The monoisotopic (exact) mass is 472 g/mol. The third-order valence-corrected chi connectivity index (χ3v) is 7.46. The molecule has 0 saturated carbocycles. The van der Waals surface area contributed by atoms with Gasteiger partial charge in [-0.2, -0.15) is 0 Å².